The van der Waals surface area contributed by atoms with E-state index in [-0.39, 0.29) is 0 Å². The van der Waals surface area contributed by atoms with Gasteiger partial charge in [-0.1, -0.05) is 32.4 Å². The van der Waals surface area contributed by atoms with Crippen LogP contribution in [-0.2, 0) is 0 Å². The lowest BCUT2D eigenvalue weighted by molar-refractivity contribution is 0.271. The molecule has 0 spiro atoms. The molecule has 1 rings (SSSR count). The number of hydrogen-bond acceptors (Lipinski definition) is 0. The summed E-state index contributed by atoms with van der Waals surface area (Å²) in [5.74, 6) is 0.858. The van der Waals surface area contributed by atoms with Crippen molar-refractivity contribution in [2.24, 2.45) is 11.3 Å². The molecule has 0 radical (unpaired) electrons. The Morgan fingerprint density at radius 3 is 2.50 bits per heavy atom. The van der Waals surface area contributed by atoms with Gasteiger partial charge in [-0.25, -0.2) is 0 Å². The largest absolute Gasteiger partial charge is 0.0797 e. The third-order valence-corrected chi connectivity index (χ3v) is 2.86. The minimum atomic E-state index is 0.447. The molecule has 0 saturated heterocycles. The van der Waals surface area contributed by atoms with Gasteiger partial charge in [-0.05, 0) is 31.1 Å². The van der Waals surface area contributed by atoms with Crippen molar-refractivity contribution >= 4 is 0 Å². The Bertz CT molecular complexity index is 151. The van der Waals surface area contributed by atoms with Crippen LogP contribution < -0.4 is 0 Å². The van der Waals surface area contributed by atoms with Crippen LogP contribution in [0.1, 0.15) is 40.5 Å². The first-order chi connectivity index (χ1) is 4.52. The average molecular weight is 138 g/mol. The smallest absolute Gasteiger partial charge is 0.0147 e. The van der Waals surface area contributed by atoms with Crippen molar-refractivity contribution in [1.82, 2.24) is 0 Å². The predicted octanol–water partition coefficient (Wildman–Crippen LogP) is 3.39. The molecule has 58 valence electrons. The molecular weight excluding hydrogens is 120 g/mol. The van der Waals surface area contributed by atoms with Gasteiger partial charge in [-0.2, -0.15) is 0 Å². The maximum atomic E-state index is 2.43. The van der Waals surface area contributed by atoms with E-state index in [1.807, 2.05) is 0 Å². The van der Waals surface area contributed by atoms with Gasteiger partial charge in [0, 0.05) is 0 Å². The summed E-state index contributed by atoms with van der Waals surface area (Å²) in [5.41, 5.74) is 2.02. The normalized spacial score (nSPS) is 31.6. The van der Waals surface area contributed by atoms with Crippen LogP contribution in [0.5, 0.6) is 0 Å². The van der Waals surface area contributed by atoms with Crippen LogP contribution in [-0.4, -0.2) is 0 Å². The third kappa shape index (κ3) is 1.42. The van der Waals surface area contributed by atoms with E-state index >= 15 is 0 Å². The van der Waals surface area contributed by atoms with E-state index in [0.29, 0.717) is 5.41 Å². The Kier molecular flexibility index (Phi) is 1.89. The second-order valence-electron chi connectivity index (χ2n) is 4.25. The van der Waals surface area contributed by atoms with Gasteiger partial charge >= 0.3 is 0 Å². The summed E-state index contributed by atoms with van der Waals surface area (Å²) in [6.07, 6.45) is 5.11. The van der Waals surface area contributed by atoms with E-state index in [1.165, 1.54) is 12.8 Å². The highest BCUT2D eigenvalue weighted by molar-refractivity contribution is 5.10. The highest BCUT2D eigenvalue weighted by atomic mass is 14.3. The number of rotatable bonds is 0. The van der Waals surface area contributed by atoms with Crippen LogP contribution in [0.2, 0.25) is 0 Å². The maximum Gasteiger partial charge on any atom is -0.0147 e. The van der Waals surface area contributed by atoms with Crippen LogP contribution in [0.3, 0.4) is 0 Å². The first kappa shape index (κ1) is 7.84. The summed E-state index contributed by atoms with van der Waals surface area (Å²) < 4.78 is 0. The molecule has 0 aromatic carbocycles. The molecule has 0 aromatic heterocycles. The maximum absolute atomic E-state index is 2.43. The van der Waals surface area contributed by atoms with Crippen LogP contribution >= 0.6 is 0 Å². The molecule has 0 unspecified atom stereocenters. The molecule has 0 bridgehead atoms. The van der Waals surface area contributed by atoms with Crippen LogP contribution in [0, 0.1) is 11.3 Å². The highest BCUT2D eigenvalue weighted by Gasteiger charge is 2.26. The summed E-state index contributed by atoms with van der Waals surface area (Å²) in [6, 6.07) is 0. The molecule has 0 aromatic rings. The average Bonchev–Trinajstić information content (AvgIpc) is 1.78. The van der Waals surface area contributed by atoms with E-state index in [9.17, 15) is 0 Å². The summed E-state index contributed by atoms with van der Waals surface area (Å²) >= 11 is 0. The highest BCUT2D eigenvalue weighted by Crippen LogP contribution is 2.37. The van der Waals surface area contributed by atoms with Gasteiger partial charge in [0.15, 0.2) is 0 Å². The Labute approximate surface area is 64.3 Å². The Balaban J connectivity index is 2.79. The topological polar surface area (TPSA) is 0 Å². The minimum absolute atomic E-state index is 0.447. The Morgan fingerprint density at radius 2 is 2.10 bits per heavy atom. The molecule has 1 aliphatic rings. The Morgan fingerprint density at radius 1 is 1.50 bits per heavy atom. The molecule has 0 fully saturated rings. The van der Waals surface area contributed by atoms with Crippen molar-refractivity contribution < 1.29 is 0 Å². The molecular formula is C10H18. The van der Waals surface area contributed by atoms with Gasteiger partial charge in [-0.15, -0.1) is 0 Å². The molecule has 0 aliphatic heterocycles. The number of allylic oxidation sites excluding steroid dienone is 2. The summed E-state index contributed by atoms with van der Waals surface area (Å²) in [5, 5.41) is 0. The summed E-state index contributed by atoms with van der Waals surface area (Å²) in [7, 11) is 0. The SMILES string of the molecule is CC1=CC(C)(C)[C@H](C)CC1. The fourth-order valence-corrected chi connectivity index (χ4v) is 1.67. The molecule has 0 heteroatoms. The van der Waals surface area contributed by atoms with E-state index in [1.54, 1.807) is 5.57 Å². The fraction of sp³-hybridized carbons (Fsp3) is 0.800. The molecule has 10 heavy (non-hydrogen) atoms. The van der Waals surface area contributed by atoms with E-state index in [2.05, 4.69) is 33.8 Å². The van der Waals surface area contributed by atoms with Gasteiger partial charge < -0.3 is 0 Å². The summed E-state index contributed by atoms with van der Waals surface area (Å²) in [4.78, 5) is 0. The second kappa shape index (κ2) is 2.41. The fourth-order valence-electron chi connectivity index (χ4n) is 1.67. The summed E-state index contributed by atoms with van der Waals surface area (Å²) in [6.45, 7) is 9.26. The van der Waals surface area contributed by atoms with E-state index < -0.39 is 0 Å². The lowest BCUT2D eigenvalue weighted by atomic mass is 9.72. The van der Waals surface area contributed by atoms with Crippen molar-refractivity contribution in [1.29, 1.82) is 0 Å². The van der Waals surface area contributed by atoms with Crippen molar-refractivity contribution in [3.63, 3.8) is 0 Å². The molecule has 0 N–H and O–H groups in total. The number of hydrogen-bond donors (Lipinski definition) is 0. The Hall–Kier alpha value is -0.260. The van der Waals surface area contributed by atoms with Gasteiger partial charge in [0.25, 0.3) is 0 Å². The van der Waals surface area contributed by atoms with Gasteiger partial charge in [0.2, 0.25) is 0 Å². The molecule has 1 aliphatic carbocycles. The molecule has 0 amide bonds. The molecule has 0 saturated carbocycles. The van der Waals surface area contributed by atoms with Crippen LogP contribution in [0.4, 0.5) is 0 Å². The van der Waals surface area contributed by atoms with Gasteiger partial charge in [-0.3, -0.25) is 0 Å². The molecule has 0 heterocycles. The quantitative estimate of drug-likeness (QED) is 0.450. The minimum Gasteiger partial charge on any atom is -0.0797 e. The first-order valence-corrected chi connectivity index (χ1v) is 4.21. The molecule has 1 atom stereocenters. The van der Waals surface area contributed by atoms with Crippen LogP contribution in [0.15, 0.2) is 11.6 Å². The van der Waals surface area contributed by atoms with E-state index in [4.69, 9.17) is 0 Å². The first-order valence-electron chi connectivity index (χ1n) is 4.21. The van der Waals surface area contributed by atoms with Crippen LogP contribution in [0.25, 0.3) is 0 Å². The predicted molar refractivity (Wildman–Crippen MR) is 45.9 cm³/mol. The van der Waals surface area contributed by atoms with Gasteiger partial charge in [0.1, 0.15) is 0 Å². The zero-order chi connectivity index (χ0) is 7.78. The molecule has 0 nitrogen and oxygen atoms in total. The standard InChI is InChI=1S/C10H18/c1-8-5-6-9(2)10(3,4)7-8/h7,9H,5-6H2,1-4H3/t9-/m1/s1. The van der Waals surface area contributed by atoms with Crippen molar-refractivity contribution in [2.75, 3.05) is 0 Å². The van der Waals surface area contributed by atoms with Crippen molar-refractivity contribution in [2.45, 2.75) is 40.5 Å². The van der Waals surface area contributed by atoms with Gasteiger partial charge in [0.05, 0.1) is 0 Å². The van der Waals surface area contributed by atoms with E-state index in [0.717, 1.165) is 5.92 Å². The monoisotopic (exact) mass is 138 g/mol. The van der Waals surface area contributed by atoms with Crippen molar-refractivity contribution in [3.05, 3.63) is 11.6 Å². The second-order valence-corrected chi connectivity index (χ2v) is 4.25. The van der Waals surface area contributed by atoms with Crippen molar-refractivity contribution in [3.8, 4) is 0 Å². The zero-order valence-electron chi connectivity index (χ0n) is 7.57. The zero-order valence-corrected chi connectivity index (χ0v) is 7.57. The lowest BCUT2D eigenvalue weighted by Crippen LogP contribution is -2.22. The lowest BCUT2D eigenvalue weighted by Gasteiger charge is -2.33. The third-order valence-electron chi connectivity index (χ3n) is 2.86.